The third kappa shape index (κ3) is 4.41. The topological polar surface area (TPSA) is 69.1 Å². The summed E-state index contributed by atoms with van der Waals surface area (Å²) in [6.07, 6.45) is 10.00. The Kier molecular flexibility index (Phi) is 5.56. The van der Waals surface area contributed by atoms with Gasteiger partial charge < -0.3 is 8.83 Å². The van der Waals surface area contributed by atoms with Crippen molar-refractivity contribution >= 4 is 5.78 Å². The van der Waals surface area contributed by atoms with Crippen LogP contribution in [0.15, 0.2) is 58.0 Å². The second kappa shape index (κ2) is 8.24. The van der Waals surface area contributed by atoms with Gasteiger partial charge in [0.2, 0.25) is 5.78 Å². The van der Waals surface area contributed by atoms with Gasteiger partial charge in [-0.15, -0.1) is 0 Å². The van der Waals surface area contributed by atoms with Crippen LogP contribution in [0.2, 0.25) is 0 Å². The Morgan fingerprint density at radius 3 is 2.62 bits per heavy atom. The molecule has 0 radical (unpaired) electrons. The third-order valence-electron chi connectivity index (χ3n) is 3.89. The average molecular weight is 324 g/mol. The molecule has 0 unspecified atom stereocenters. The van der Waals surface area contributed by atoms with Crippen molar-refractivity contribution in [2.24, 2.45) is 0 Å². The molecule has 0 amide bonds. The van der Waals surface area contributed by atoms with Gasteiger partial charge in [0.05, 0.1) is 6.20 Å². The number of benzene rings is 1. The first-order valence-corrected chi connectivity index (χ1v) is 8.24. The molecule has 0 fully saturated rings. The molecule has 2 aromatic heterocycles. The maximum atomic E-state index is 12.1. The molecule has 3 aromatic rings. The number of Topliss-reactive ketones (excluding diaryl/α,β-unsaturated/α-hetero) is 1. The number of hydrogen-bond acceptors (Lipinski definition) is 5. The van der Waals surface area contributed by atoms with Crippen molar-refractivity contribution in [2.45, 2.75) is 38.5 Å². The highest BCUT2D eigenvalue weighted by Crippen LogP contribution is 2.19. The molecule has 0 N–H and O–H groups in total. The summed E-state index contributed by atoms with van der Waals surface area (Å²) in [7, 11) is 0. The lowest BCUT2D eigenvalue weighted by atomic mass is 10.0. The number of nitrogens with zero attached hydrogens (tertiary/aromatic N) is 2. The number of aromatic nitrogens is 2. The first kappa shape index (κ1) is 16.2. The van der Waals surface area contributed by atoms with E-state index in [9.17, 15) is 4.79 Å². The van der Waals surface area contributed by atoms with Crippen LogP contribution in [0.4, 0.5) is 0 Å². The SMILES string of the molecule is O=C(CCCCCCc1ccccc1)c1ncc(-c2cocn2)o1. The summed E-state index contributed by atoms with van der Waals surface area (Å²) < 4.78 is 10.3. The van der Waals surface area contributed by atoms with Crippen LogP contribution in [-0.2, 0) is 6.42 Å². The van der Waals surface area contributed by atoms with Crippen LogP contribution in [0.5, 0.6) is 0 Å². The molecule has 2 heterocycles. The Morgan fingerprint density at radius 2 is 1.83 bits per heavy atom. The monoisotopic (exact) mass is 324 g/mol. The molecule has 0 saturated carbocycles. The van der Waals surface area contributed by atoms with Crippen LogP contribution in [0.3, 0.4) is 0 Å². The molecule has 5 nitrogen and oxygen atoms in total. The molecule has 5 heteroatoms. The van der Waals surface area contributed by atoms with E-state index in [0.29, 0.717) is 17.9 Å². The lowest BCUT2D eigenvalue weighted by Crippen LogP contribution is -1.99. The smallest absolute Gasteiger partial charge is 0.263 e. The third-order valence-corrected chi connectivity index (χ3v) is 3.89. The summed E-state index contributed by atoms with van der Waals surface area (Å²) in [4.78, 5) is 20.1. The summed E-state index contributed by atoms with van der Waals surface area (Å²) >= 11 is 0. The number of oxazole rings is 2. The van der Waals surface area contributed by atoms with E-state index in [1.54, 1.807) is 0 Å². The maximum absolute atomic E-state index is 12.1. The van der Waals surface area contributed by atoms with E-state index < -0.39 is 0 Å². The minimum atomic E-state index is -0.0622. The molecule has 0 spiro atoms. The molecule has 0 aliphatic rings. The minimum Gasteiger partial charge on any atom is -0.451 e. The Hall–Kier alpha value is -2.69. The van der Waals surface area contributed by atoms with Gasteiger partial charge in [0, 0.05) is 6.42 Å². The molecular weight excluding hydrogens is 304 g/mol. The van der Waals surface area contributed by atoms with Crippen molar-refractivity contribution in [1.82, 2.24) is 9.97 Å². The van der Waals surface area contributed by atoms with Gasteiger partial charge in [0.15, 0.2) is 12.2 Å². The van der Waals surface area contributed by atoms with Crippen molar-refractivity contribution in [3.8, 4) is 11.5 Å². The van der Waals surface area contributed by atoms with E-state index in [1.165, 1.54) is 24.4 Å². The normalized spacial score (nSPS) is 10.8. The summed E-state index contributed by atoms with van der Waals surface area (Å²) in [5.74, 6) is 0.542. The molecule has 0 bridgehead atoms. The van der Waals surface area contributed by atoms with Crippen molar-refractivity contribution in [3.05, 3.63) is 60.6 Å². The van der Waals surface area contributed by atoms with Crippen LogP contribution in [0.25, 0.3) is 11.5 Å². The number of carbonyl (C=O) groups is 1. The van der Waals surface area contributed by atoms with Crippen LogP contribution in [0, 0.1) is 0 Å². The second-order valence-electron chi connectivity index (χ2n) is 5.73. The first-order valence-electron chi connectivity index (χ1n) is 8.24. The maximum Gasteiger partial charge on any atom is 0.263 e. The summed E-state index contributed by atoms with van der Waals surface area (Å²) in [5.41, 5.74) is 1.91. The highest BCUT2D eigenvalue weighted by molar-refractivity contribution is 5.91. The molecule has 0 aliphatic heterocycles. The van der Waals surface area contributed by atoms with E-state index in [-0.39, 0.29) is 11.7 Å². The largest absolute Gasteiger partial charge is 0.451 e. The fourth-order valence-electron chi connectivity index (χ4n) is 2.58. The van der Waals surface area contributed by atoms with Crippen molar-refractivity contribution < 1.29 is 13.6 Å². The quantitative estimate of drug-likeness (QED) is 0.421. The Balaban J connectivity index is 1.35. The minimum absolute atomic E-state index is 0.0622. The zero-order chi connectivity index (χ0) is 16.6. The summed E-state index contributed by atoms with van der Waals surface area (Å²) in [6.45, 7) is 0. The molecule has 0 saturated heterocycles. The Bertz CT molecular complexity index is 748. The number of unbranched alkanes of at least 4 members (excludes halogenated alkanes) is 3. The zero-order valence-corrected chi connectivity index (χ0v) is 13.5. The van der Waals surface area contributed by atoms with Crippen LogP contribution in [-0.4, -0.2) is 15.8 Å². The second-order valence-corrected chi connectivity index (χ2v) is 5.73. The predicted octanol–water partition coefficient (Wildman–Crippen LogP) is 4.71. The number of aryl methyl sites for hydroxylation is 1. The van der Waals surface area contributed by atoms with Crippen molar-refractivity contribution in [3.63, 3.8) is 0 Å². The van der Waals surface area contributed by atoms with Gasteiger partial charge >= 0.3 is 0 Å². The standard InChI is InChI=1S/C19H20N2O3/c22-17(19-20-12-18(24-19)16-13-23-14-21-16)11-7-2-1-4-8-15-9-5-3-6-10-15/h3,5-6,9-10,12-14H,1-2,4,7-8,11H2. The first-order chi connectivity index (χ1) is 11.8. The van der Waals surface area contributed by atoms with Crippen molar-refractivity contribution in [2.75, 3.05) is 0 Å². The van der Waals surface area contributed by atoms with Gasteiger partial charge in [-0.05, 0) is 24.8 Å². The molecule has 24 heavy (non-hydrogen) atoms. The molecule has 3 rings (SSSR count). The van der Waals surface area contributed by atoms with E-state index in [4.69, 9.17) is 8.83 Å². The van der Waals surface area contributed by atoms with Gasteiger partial charge in [-0.25, -0.2) is 9.97 Å². The van der Waals surface area contributed by atoms with Gasteiger partial charge in [-0.2, -0.15) is 0 Å². The highest BCUT2D eigenvalue weighted by Gasteiger charge is 2.15. The fourth-order valence-corrected chi connectivity index (χ4v) is 2.58. The summed E-state index contributed by atoms with van der Waals surface area (Å²) in [5, 5.41) is 0. The molecule has 0 aliphatic carbocycles. The van der Waals surface area contributed by atoms with E-state index in [1.807, 2.05) is 6.07 Å². The van der Waals surface area contributed by atoms with E-state index in [2.05, 4.69) is 34.2 Å². The number of rotatable bonds is 9. The van der Waals surface area contributed by atoms with Crippen LogP contribution >= 0.6 is 0 Å². The number of carbonyl (C=O) groups excluding carboxylic acids is 1. The number of ketones is 1. The fraction of sp³-hybridized carbons (Fsp3) is 0.316. The Labute approximate surface area is 140 Å². The zero-order valence-electron chi connectivity index (χ0n) is 13.5. The van der Waals surface area contributed by atoms with Crippen LogP contribution < -0.4 is 0 Å². The average Bonchev–Trinajstić information content (AvgIpc) is 3.29. The Morgan fingerprint density at radius 1 is 1.00 bits per heavy atom. The summed E-state index contributed by atoms with van der Waals surface area (Å²) in [6, 6.07) is 10.5. The molecule has 124 valence electrons. The van der Waals surface area contributed by atoms with Gasteiger partial charge in [0.25, 0.3) is 5.89 Å². The van der Waals surface area contributed by atoms with E-state index >= 15 is 0 Å². The van der Waals surface area contributed by atoms with Gasteiger partial charge in [0.1, 0.15) is 12.0 Å². The number of hydrogen-bond donors (Lipinski definition) is 0. The molecular formula is C19H20N2O3. The lowest BCUT2D eigenvalue weighted by Gasteiger charge is -2.01. The lowest BCUT2D eigenvalue weighted by molar-refractivity contribution is 0.0946. The predicted molar refractivity (Wildman–Crippen MR) is 89.6 cm³/mol. The van der Waals surface area contributed by atoms with E-state index in [0.717, 1.165) is 32.1 Å². The van der Waals surface area contributed by atoms with Crippen LogP contribution in [0.1, 0.15) is 48.4 Å². The van der Waals surface area contributed by atoms with Gasteiger partial charge in [-0.3, -0.25) is 4.79 Å². The molecule has 1 aromatic carbocycles. The van der Waals surface area contributed by atoms with Gasteiger partial charge in [-0.1, -0.05) is 43.2 Å². The van der Waals surface area contributed by atoms with Crippen molar-refractivity contribution in [1.29, 1.82) is 0 Å². The highest BCUT2D eigenvalue weighted by atomic mass is 16.4. The molecule has 0 atom stereocenters.